The average Bonchev–Trinajstić information content (AvgIpc) is 2.74. The minimum Gasteiger partial charge on any atom is -0.236 e. The smallest absolute Gasteiger partial charge is 0.159 e. The van der Waals surface area contributed by atoms with Crippen molar-refractivity contribution < 1.29 is 0 Å². The fourth-order valence-corrected chi connectivity index (χ4v) is 3.67. The molecule has 1 aromatic heterocycles. The average molecular weight is 381 g/mol. The van der Waals surface area contributed by atoms with E-state index in [4.69, 9.17) is 0 Å². The summed E-state index contributed by atoms with van der Waals surface area (Å²) in [5, 5.41) is 0. The van der Waals surface area contributed by atoms with E-state index in [2.05, 4.69) is 48.1 Å². The minimum atomic E-state index is 0.845. The van der Waals surface area contributed by atoms with Crippen LogP contribution in [-0.2, 0) is 12.8 Å². The van der Waals surface area contributed by atoms with Crippen LogP contribution in [0.5, 0.6) is 0 Å². The summed E-state index contributed by atoms with van der Waals surface area (Å²) in [7, 11) is 0. The van der Waals surface area contributed by atoms with E-state index in [1.54, 1.807) is 0 Å². The van der Waals surface area contributed by atoms with Gasteiger partial charge in [-0.2, -0.15) is 0 Å². The summed E-state index contributed by atoms with van der Waals surface area (Å²) in [4.78, 5) is 9.21. The molecule has 0 aliphatic heterocycles. The Morgan fingerprint density at radius 1 is 0.536 bits per heavy atom. The van der Waals surface area contributed by atoms with Gasteiger partial charge in [0.2, 0.25) is 0 Å². The van der Waals surface area contributed by atoms with Crippen molar-refractivity contribution in [1.82, 2.24) is 9.97 Å². The molecule has 2 rings (SSSR count). The topological polar surface area (TPSA) is 25.8 Å². The van der Waals surface area contributed by atoms with Gasteiger partial charge >= 0.3 is 0 Å². The summed E-state index contributed by atoms with van der Waals surface area (Å²) in [6.07, 6.45) is 22.4. The second-order valence-electron chi connectivity index (χ2n) is 8.15. The SMILES string of the molecule is CCCCCCCCCc1cnc(-c2ccc(CCCCCCC)cc2)nc1. The molecular weight excluding hydrogens is 340 g/mol. The maximum atomic E-state index is 4.60. The maximum absolute atomic E-state index is 4.60. The van der Waals surface area contributed by atoms with Gasteiger partial charge in [-0.05, 0) is 36.8 Å². The molecule has 0 atom stereocenters. The van der Waals surface area contributed by atoms with E-state index in [-0.39, 0.29) is 0 Å². The molecule has 2 nitrogen and oxygen atoms in total. The van der Waals surface area contributed by atoms with E-state index in [0.29, 0.717) is 0 Å². The third-order valence-electron chi connectivity index (χ3n) is 5.56. The lowest BCUT2D eigenvalue weighted by atomic mass is 10.0. The van der Waals surface area contributed by atoms with Gasteiger partial charge in [0.1, 0.15) is 0 Å². The second kappa shape index (κ2) is 14.3. The first-order valence-electron chi connectivity index (χ1n) is 11.7. The highest BCUT2D eigenvalue weighted by atomic mass is 14.9. The molecule has 1 heterocycles. The van der Waals surface area contributed by atoms with Crippen molar-refractivity contribution >= 4 is 0 Å². The first kappa shape index (κ1) is 22.6. The number of aryl methyl sites for hydroxylation is 2. The fourth-order valence-electron chi connectivity index (χ4n) is 3.67. The van der Waals surface area contributed by atoms with Crippen molar-refractivity contribution in [2.45, 2.75) is 104 Å². The summed E-state index contributed by atoms with van der Waals surface area (Å²) in [6.45, 7) is 4.54. The van der Waals surface area contributed by atoms with Crippen LogP contribution in [0.1, 0.15) is 102 Å². The van der Waals surface area contributed by atoms with Gasteiger partial charge in [0.25, 0.3) is 0 Å². The number of rotatable bonds is 15. The Labute approximate surface area is 173 Å². The molecule has 0 amide bonds. The van der Waals surface area contributed by atoms with Crippen molar-refractivity contribution in [3.63, 3.8) is 0 Å². The van der Waals surface area contributed by atoms with E-state index in [0.717, 1.165) is 17.8 Å². The zero-order valence-corrected chi connectivity index (χ0v) is 18.3. The van der Waals surface area contributed by atoms with Crippen LogP contribution < -0.4 is 0 Å². The fraction of sp³-hybridized carbons (Fsp3) is 0.615. The number of benzene rings is 1. The first-order chi connectivity index (χ1) is 13.8. The molecule has 2 aromatic rings. The van der Waals surface area contributed by atoms with Gasteiger partial charge in [0, 0.05) is 18.0 Å². The highest BCUT2D eigenvalue weighted by Gasteiger charge is 2.03. The normalized spacial score (nSPS) is 11.1. The molecule has 28 heavy (non-hydrogen) atoms. The summed E-state index contributed by atoms with van der Waals surface area (Å²) in [5.41, 5.74) is 3.81. The summed E-state index contributed by atoms with van der Waals surface area (Å²) in [6, 6.07) is 8.83. The van der Waals surface area contributed by atoms with E-state index in [1.807, 2.05) is 12.4 Å². The van der Waals surface area contributed by atoms with Crippen molar-refractivity contribution in [1.29, 1.82) is 0 Å². The Bertz CT molecular complexity index is 616. The van der Waals surface area contributed by atoms with Crippen molar-refractivity contribution in [2.24, 2.45) is 0 Å². The molecule has 0 unspecified atom stereocenters. The molecule has 0 saturated heterocycles. The van der Waals surface area contributed by atoms with Crippen LogP contribution in [0, 0.1) is 0 Å². The van der Waals surface area contributed by atoms with Gasteiger partial charge in [-0.3, -0.25) is 0 Å². The zero-order valence-electron chi connectivity index (χ0n) is 18.3. The zero-order chi connectivity index (χ0) is 19.9. The van der Waals surface area contributed by atoms with E-state index < -0.39 is 0 Å². The summed E-state index contributed by atoms with van der Waals surface area (Å²) < 4.78 is 0. The summed E-state index contributed by atoms with van der Waals surface area (Å²) >= 11 is 0. The van der Waals surface area contributed by atoms with Gasteiger partial charge in [-0.15, -0.1) is 0 Å². The highest BCUT2D eigenvalue weighted by molar-refractivity contribution is 5.55. The van der Waals surface area contributed by atoms with E-state index in [1.165, 1.54) is 94.6 Å². The Morgan fingerprint density at radius 2 is 1.00 bits per heavy atom. The molecule has 0 saturated carbocycles. The van der Waals surface area contributed by atoms with Gasteiger partial charge < -0.3 is 0 Å². The second-order valence-corrected chi connectivity index (χ2v) is 8.15. The van der Waals surface area contributed by atoms with Crippen molar-refractivity contribution in [3.8, 4) is 11.4 Å². The van der Waals surface area contributed by atoms with Crippen LogP contribution in [0.25, 0.3) is 11.4 Å². The predicted molar refractivity (Wildman–Crippen MR) is 122 cm³/mol. The molecule has 1 aromatic carbocycles. The number of hydrogen-bond acceptors (Lipinski definition) is 2. The quantitative estimate of drug-likeness (QED) is 0.293. The molecule has 0 bridgehead atoms. The summed E-state index contributed by atoms with van der Waals surface area (Å²) in [5.74, 6) is 0.845. The Kier molecular flexibility index (Phi) is 11.6. The highest BCUT2D eigenvalue weighted by Crippen LogP contribution is 2.18. The third-order valence-corrected chi connectivity index (χ3v) is 5.56. The lowest BCUT2D eigenvalue weighted by Gasteiger charge is -2.05. The van der Waals surface area contributed by atoms with Crippen LogP contribution in [0.4, 0.5) is 0 Å². The molecule has 0 fully saturated rings. The minimum absolute atomic E-state index is 0.845. The van der Waals surface area contributed by atoms with Gasteiger partial charge in [-0.1, -0.05) is 102 Å². The standard InChI is InChI=1S/C26H40N2/c1-3-5-7-9-10-12-14-16-24-21-27-26(28-22-24)25-19-17-23(18-20-25)15-13-11-8-6-4-2/h17-22H,3-16H2,1-2H3. The van der Waals surface area contributed by atoms with Crippen LogP contribution >= 0.6 is 0 Å². The Morgan fingerprint density at radius 3 is 1.54 bits per heavy atom. The Balaban J connectivity index is 1.70. The van der Waals surface area contributed by atoms with Gasteiger partial charge in [0.15, 0.2) is 5.82 Å². The Hall–Kier alpha value is -1.70. The monoisotopic (exact) mass is 380 g/mol. The van der Waals surface area contributed by atoms with Gasteiger partial charge in [-0.25, -0.2) is 9.97 Å². The van der Waals surface area contributed by atoms with Crippen LogP contribution in [-0.4, -0.2) is 9.97 Å². The van der Waals surface area contributed by atoms with E-state index >= 15 is 0 Å². The van der Waals surface area contributed by atoms with Crippen LogP contribution in [0.15, 0.2) is 36.7 Å². The third kappa shape index (κ3) is 8.99. The molecule has 2 heteroatoms. The molecule has 0 aliphatic carbocycles. The predicted octanol–water partition coefficient (Wildman–Crippen LogP) is 7.95. The molecule has 154 valence electrons. The maximum Gasteiger partial charge on any atom is 0.159 e. The number of unbranched alkanes of at least 4 members (excludes halogenated alkanes) is 10. The van der Waals surface area contributed by atoms with Crippen LogP contribution in [0.2, 0.25) is 0 Å². The molecule has 0 N–H and O–H groups in total. The lowest BCUT2D eigenvalue weighted by Crippen LogP contribution is -1.94. The van der Waals surface area contributed by atoms with Crippen molar-refractivity contribution in [2.75, 3.05) is 0 Å². The molecule has 0 radical (unpaired) electrons. The van der Waals surface area contributed by atoms with E-state index in [9.17, 15) is 0 Å². The van der Waals surface area contributed by atoms with Crippen LogP contribution in [0.3, 0.4) is 0 Å². The van der Waals surface area contributed by atoms with Crippen molar-refractivity contribution in [3.05, 3.63) is 47.8 Å². The molecule has 0 aliphatic rings. The molecule has 0 spiro atoms. The number of hydrogen-bond donors (Lipinski definition) is 0. The number of aromatic nitrogens is 2. The molecular formula is C26H40N2. The largest absolute Gasteiger partial charge is 0.236 e. The van der Waals surface area contributed by atoms with Gasteiger partial charge in [0.05, 0.1) is 0 Å². The first-order valence-corrected chi connectivity index (χ1v) is 11.7. The lowest BCUT2D eigenvalue weighted by molar-refractivity contribution is 0.589. The number of nitrogens with zero attached hydrogens (tertiary/aromatic N) is 2.